The molecule has 3 nitrogen and oxygen atoms in total. The molecule has 0 saturated carbocycles. The molecule has 0 saturated heterocycles. The number of nitrogens with one attached hydrogen (secondary N) is 1. The van der Waals surface area contributed by atoms with Gasteiger partial charge >= 0.3 is 0 Å². The van der Waals surface area contributed by atoms with E-state index in [9.17, 15) is 9.18 Å². The van der Waals surface area contributed by atoms with E-state index < -0.39 is 17.8 Å². The van der Waals surface area contributed by atoms with Crippen molar-refractivity contribution >= 4 is 27.5 Å². The summed E-state index contributed by atoms with van der Waals surface area (Å²) in [6.07, 6.45) is 0. The van der Waals surface area contributed by atoms with Crippen LogP contribution in [0, 0.1) is 5.82 Å². The Bertz CT molecular complexity index is 589. The van der Waals surface area contributed by atoms with E-state index in [1.54, 1.807) is 30.3 Å². The molecule has 1 unspecified atom stereocenters. The van der Waals surface area contributed by atoms with Gasteiger partial charge in [-0.15, -0.1) is 0 Å². The predicted molar refractivity (Wildman–Crippen MR) is 76.1 cm³/mol. The Morgan fingerprint density at radius 1 is 1.21 bits per heavy atom. The number of carbonyl (C=O) groups excluding carboxylic acids is 1. The zero-order valence-electron chi connectivity index (χ0n) is 9.94. The van der Waals surface area contributed by atoms with E-state index in [1.807, 2.05) is 6.07 Å². The summed E-state index contributed by atoms with van der Waals surface area (Å²) in [5.74, 6) is -0.958. The van der Waals surface area contributed by atoms with Crippen molar-refractivity contribution in [2.45, 2.75) is 6.04 Å². The van der Waals surface area contributed by atoms with Crippen molar-refractivity contribution in [3.63, 3.8) is 0 Å². The van der Waals surface area contributed by atoms with Crippen molar-refractivity contribution < 1.29 is 9.18 Å². The molecule has 0 aliphatic carbocycles. The highest BCUT2D eigenvalue weighted by Gasteiger charge is 2.17. The van der Waals surface area contributed by atoms with Crippen molar-refractivity contribution in [1.29, 1.82) is 0 Å². The van der Waals surface area contributed by atoms with E-state index in [0.717, 1.165) is 0 Å². The van der Waals surface area contributed by atoms with E-state index >= 15 is 0 Å². The maximum atomic E-state index is 13.5. The van der Waals surface area contributed by atoms with Crippen molar-refractivity contribution in [2.75, 3.05) is 5.32 Å². The summed E-state index contributed by atoms with van der Waals surface area (Å²) in [4.78, 5) is 12.0. The number of anilines is 1. The van der Waals surface area contributed by atoms with Gasteiger partial charge in [0.25, 0.3) is 0 Å². The summed E-state index contributed by atoms with van der Waals surface area (Å²) >= 11 is 3.22. The SMILES string of the molecule is NC(C(=O)Nc1cc(Br)ccc1F)c1ccccc1. The van der Waals surface area contributed by atoms with Gasteiger partial charge in [-0.2, -0.15) is 0 Å². The van der Waals surface area contributed by atoms with Gasteiger partial charge in [0.2, 0.25) is 5.91 Å². The molecule has 2 rings (SSSR count). The molecule has 1 amide bonds. The maximum absolute atomic E-state index is 13.5. The molecule has 0 aliphatic heterocycles. The number of nitrogens with two attached hydrogens (primary N) is 1. The van der Waals surface area contributed by atoms with E-state index in [1.165, 1.54) is 12.1 Å². The molecule has 0 spiro atoms. The van der Waals surface area contributed by atoms with Gasteiger partial charge in [0.1, 0.15) is 11.9 Å². The van der Waals surface area contributed by atoms with Gasteiger partial charge in [0.05, 0.1) is 5.69 Å². The van der Waals surface area contributed by atoms with Gasteiger partial charge < -0.3 is 11.1 Å². The van der Waals surface area contributed by atoms with Gasteiger partial charge in [-0.3, -0.25) is 4.79 Å². The zero-order chi connectivity index (χ0) is 13.8. The number of benzene rings is 2. The molecule has 0 heterocycles. The lowest BCUT2D eigenvalue weighted by atomic mass is 10.1. The first kappa shape index (κ1) is 13.7. The average molecular weight is 323 g/mol. The molecular formula is C14H12BrFN2O. The second-order valence-electron chi connectivity index (χ2n) is 4.00. The smallest absolute Gasteiger partial charge is 0.245 e. The minimum absolute atomic E-state index is 0.103. The van der Waals surface area contributed by atoms with Crippen LogP contribution in [0.1, 0.15) is 11.6 Å². The molecule has 0 fully saturated rings. The third-order valence-corrected chi connectivity index (χ3v) is 3.12. The summed E-state index contributed by atoms with van der Waals surface area (Å²) < 4.78 is 14.2. The Balaban J connectivity index is 2.15. The minimum atomic E-state index is -0.834. The highest BCUT2D eigenvalue weighted by atomic mass is 79.9. The largest absolute Gasteiger partial charge is 0.322 e. The fraction of sp³-hybridized carbons (Fsp3) is 0.0714. The number of hydrogen-bond donors (Lipinski definition) is 2. The van der Waals surface area contributed by atoms with E-state index in [0.29, 0.717) is 10.0 Å². The molecule has 0 aliphatic rings. The Kier molecular flexibility index (Phi) is 4.29. The number of amides is 1. The van der Waals surface area contributed by atoms with Crippen molar-refractivity contribution in [3.8, 4) is 0 Å². The Morgan fingerprint density at radius 2 is 1.89 bits per heavy atom. The first-order valence-corrected chi connectivity index (χ1v) is 6.43. The number of carbonyl (C=O) groups is 1. The Labute approximate surface area is 118 Å². The molecule has 1 atom stereocenters. The normalized spacial score (nSPS) is 11.9. The fourth-order valence-electron chi connectivity index (χ4n) is 1.62. The Hall–Kier alpha value is -1.72. The topological polar surface area (TPSA) is 55.1 Å². The predicted octanol–water partition coefficient (Wildman–Crippen LogP) is 3.23. The van der Waals surface area contributed by atoms with Crippen LogP contribution in [-0.2, 0) is 4.79 Å². The van der Waals surface area contributed by atoms with Crippen LogP contribution < -0.4 is 11.1 Å². The lowest BCUT2D eigenvalue weighted by Crippen LogP contribution is -2.28. The molecular weight excluding hydrogens is 311 g/mol. The lowest BCUT2D eigenvalue weighted by Gasteiger charge is -2.13. The monoisotopic (exact) mass is 322 g/mol. The summed E-state index contributed by atoms with van der Waals surface area (Å²) in [6, 6.07) is 12.4. The third kappa shape index (κ3) is 3.39. The van der Waals surface area contributed by atoms with Crippen LogP contribution in [0.2, 0.25) is 0 Å². The van der Waals surface area contributed by atoms with Crippen LogP contribution in [0.3, 0.4) is 0 Å². The highest BCUT2D eigenvalue weighted by molar-refractivity contribution is 9.10. The quantitative estimate of drug-likeness (QED) is 0.911. The molecule has 0 aromatic heterocycles. The third-order valence-electron chi connectivity index (χ3n) is 2.63. The maximum Gasteiger partial charge on any atom is 0.245 e. The first-order valence-electron chi connectivity index (χ1n) is 5.64. The zero-order valence-corrected chi connectivity index (χ0v) is 11.5. The van der Waals surface area contributed by atoms with Crippen molar-refractivity contribution in [1.82, 2.24) is 0 Å². The fourth-order valence-corrected chi connectivity index (χ4v) is 1.98. The number of rotatable bonds is 3. The summed E-state index contributed by atoms with van der Waals surface area (Å²) in [5, 5.41) is 2.48. The molecule has 0 radical (unpaired) electrons. The summed E-state index contributed by atoms with van der Waals surface area (Å²) in [6.45, 7) is 0. The summed E-state index contributed by atoms with van der Waals surface area (Å²) in [5.41, 5.74) is 6.61. The van der Waals surface area contributed by atoms with Crippen molar-refractivity contribution in [2.24, 2.45) is 5.73 Å². The van der Waals surface area contributed by atoms with Crippen LogP contribution >= 0.6 is 15.9 Å². The van der Waals surface area contributed by atoms with Gasteiger partial charge in [0, 0.05) is 4.47 Å². The number of halogens is 2. The average Bonchev–Trinajstić information content (AvgIpc) is 2.43. The van der Waals surface area contributed by atoms with Gasteiger partial charge in [0.15, 0.2) is 0 Å². The molecule has 98 valence electrons. The van der Waals surface area contributed by atoms with Gasteiger partial charge in [-0.1, -0.05) is 46.3 Å². The minimum Gasteiger partial charge on any atom is -0.322 e. The van der Waals surface area contributed by atoms with Crippen LogP contribution in [0.15, 0.2) is 53.0 Å². The molecule has 0 bridgehead atoms. The standard InChI is InChI=1S/C14H12BrFN2O/c15-10-6-7-11(16)12(8-10)18-14(19)13(17)9-4-2-1-3-5-9/h1-8,13H,17H2,(H,18,19). The van der Waals surface area contributed by atoms with Crippen LogP contribution in [0.25, 0.3) is 0 Å². The van der Waals surface area contributed by atoms with E-state index in [4.69, 9.17) is 5.73 Å². The van der Waals surface area contributed by atoms with Gasteiger partial charge in [-0.05, 0) is 23.8 Å². The molecule has 3 N–H and O–H groups in total. The second kappa shape index (κ2) is 5.95. The summed E-state index contributed by atoms with van der Waals surface area (Å²) in [7, 11) is 0. The molecule has 19 heavy (non-hydrogen) atoms. The van der Waals surface area contributed by atoms with Crippen LogP contribution in [0.5, 0.6) is 0 Å². The van der Waals surface area contributed by atoms with Crippen molar-refractivity contribution in [3.05, 3.63) is 64.4 Å². The lowest BCUT2D eigenvalue weighted by molar-refractivity contribution is -0.117. The van der Waals surface area contributed by atoms with Crippen LogP contribution in [0.4, 0.5) is 10.1 Å². The molecule has 5 heteroatoms. The molecule has 2 aromatic rings. The highest BCUT2D eigenvalue weighted by Crippen LogP contribution is 2.21. The molecule has 2 aromatic carbocycles. The Morgan fingerprint density at radius 3 is 2.58 bits per heavy atom. The second-order valence-corrected chi connectivity index (χ2v) is 4.92. The van der Waals surface area contributed by atoms with Gasteiger partial charge in [-0.25, -0.2) is 4.39 Å². The first-order chi connectivity index (χ1) is 9.08. The van der Waals surface area contributed by atoms with E-state index in [-0.39, 0.29) is 5.69 Å². The number of hydrogen-bond acceptors (Lipinski definition) is 2. The van der Waals surface area contributed by atoms with Crippen LogP contribution in [-0.4, -0.2) is 5.91 Å². The van der Waals surface area contributed by atoms with E-state index in [2.05, 4.69) is 21.2 Å².